The molecule has 1 aliphatic rings. The van der Waals surface area contributed by atoms with Gasteiger partial charge in [-0.2, -0.15) is 0 Å². The van der Waals surface area contributed by atoms with E-state index in [1.165, 1.54) is 34.3 Å². The van der Waals surface area contributed by atoms with Crippen LogP contribution in [0.2, 0.25) is 0 Å². The van der Waals surface area contributed by atoms with Gasteiger partial charge in [0.2, 0.25) is 5.91 Å². The minimum absolute atomic E-state index is 0.193. The number of nitrogens with zero attached hydrogens (tertiary/aromatic N) is 4. The van der Waals surface area contributed by atoms with Crippen LogP contribution in [-0.2, 0) is 22.6 Å². The van der Waals surface area contributed by atoms with Crippen molar-refractivity contribution in [1.29, 1.82) is 0 Å². The Labute approximate surface area is 204 Å². The van der Waals surface area contributed by atoms with Gasteiger partial charge in [0, 0.05) is 24.4 Å². The van der Waals surface area contributed by atoms with E-state index >= 15 is 0 Å². The van der Waals surface area contributed by atoms with Crippen molar-refractivity contribution in [2.45, 2.75) is 26.1 Å². The summed E-state index contributed by atoms with van der Waals surface area (Å²) in [6, 6.07) is 11.0. The molecule has 1 atom stereocenters. The second kappa shape index (κ2) is 10.5. The molecule has 2 aromatic carbocycles. The Morgan fingerprint density at radius 1 is 1.26 bits per heavy atom. The Hall–Kier alpha value is -4.06. The number of urea groups is 1. The summed E-state index contributed by atoms with van der Waals surface area (Å²) < 4.78 is 24.0. The van der Waals surface area contributed by atoms with Crippen LogP contribution in [0, 0.1) is 5.82 Å². The summed E-state index contributed by atoms with van der Waals surface area (Å²) in [6.45, 7) is 2.29. The number of rotatable bonds is 8. The van der Waals surface area contributed by atoms with Crippen molar-refractivity contribution < 1.29 is 23.5 Å². The lowest BCUT2D eigenvalue weighted by molar-refractivity contribution is -0.119. The summed E-state index contributed by atoms with van der Waals surface area (Å²) in [4.78, 5) is 37.9. The van der Waals surface area contributed by atoms with Crippen molar-refractivity contribution in [3.8, 4) is 11.1 Å². The van der Waals surface area contributed by atoms with Gasteiger partial charge in [-0.15, -0.1) is 5.10 Å². The Kier molecular flexibility index (Phi) is 7.20. The predicted octanol–water partition coefficient (Wildman–Crippen LogP) is 2.89. The number of nitrogens with one attached hydrogen (secondary N) is 1. The number of carbonyl (C=O) groups is 3. The molecule has 182 valence electrons. The number of nitrogens with two attached hydrogens (primary N) is 1. The molecule has 1 fully saturated rings. The highest BCUT2D eigenvalue weighted by atomic mass is 32.1. The predicted molar refractivity (Wildman–Crippen MR) is 127 cm³/mol. The van der Waals surface area contributed by atoms with Crippen molar-refractivity contribution in [3.63, 3.8) is 0 Å². The molecule has 1 aliphatic heterocycles. The van der Waals surface area contributed by atoms with Gasteiger partial charge in [-0.25, -0.2) is 14.0 Å². The highest BCUT2D eigenvalue weighted by Crippen LogP contribution is 2.29. The van der Waals surface area contributed by atoms with Gasteiger partial charge in [-0.05, 0) is 40.9 Å². The van der Waals surface area contributed by atoms with E-state index in [1.54, 1.807) is 41.8 Å². The summed E-state index contributed by atoms with van der Waals surface area (Å²) in [5.41, 5.74) is 8.33. The number of hydrogen-bond donors (Lipinski definition) is 2. The molecule has 1 saturated heterocycles. The van der Waals surface area contributed by atoms with Crippen molar-refractivity contribution >= 4 is 35.3 Å². The topological polar surface area (TPSA) is 131 Å². The Morgan fingerprint density at radius 2 is 2.03 bits per heavy atom. The van der Waals surface area contributed by atoms with E-state index in [2.05, 4.69) is 14.9 Å². The van der Waals surface area contributed by atoms with Crippen molar-refractivity contribution in [1.82, 2.24) is 19.8 Å². The van der Waals surface area contributed by atoms with Crippen LogP contribution in [0.25, 0.3) is 11.1 Å². The molecule has 0 aliphatic carbocycles. The molecule has 10 nitrogen and oxygen atoms in total. The average molecular weight is 499 g/mol. The quantitative estimate of drug-likeness (QED) is 0.491. The van der Waals surface area contributed by atoms with E-state index < -0.39 is 24.0 Å². The summed E-state index contributed by atoms with van der Waals surface area (Å²) >= 11 is 1.19. The van der Waals surface area contributed by atoms with Gasteiger partial charge < -0.3 is 20.7 Å². The standard InChI is InChI=1S/C23H23FN6O4S/c1-14(31)26-9-19-12-30(23(33)34-19)18-6-7-20(21(24)8-18)16-4-2-15(3-5-16)10-29(22(25)32)11-17-13-35-28-27-17/h2-8,13,19H,9-12H2,1H3,(H2,25,32)(H,26,31)/t19-/m0/s1. The van der Waals surface area contributed by atoms with Crippen LogP contribution in [0.15, 0.2) is 47.8 Å². The maximum absolute atomic E-state index is 15.0. The maximum atomic E-state index is 15.0. The number of anilines is 1. The van der Waals surface area contributed by atoms with Gasteiger partial charge in [0.05, 0.1) is 31.0 Å². The fraction of sp³-hybridized carbons (Fsp3) is 0.261. The molecule has 2 heterocycles. The number of amides is 4. The van der Waals surface area contributed by atoms with E-state index in [4.69, 9.17) is 10.5 Å². The zero-order chi connectivity index (χ0) is 24.9. The largest absolute Gasteiger partial charge is 0.442 e. The maximum Gasteiger partial charge on any atom is 0.414 e. The van der Waals surface area contributed by atoms with Gasteiger partial charge in [0.25, 0.3) is 0 Å². The smallest absolute Gasteiger partial charge is 0.414 e. The third-order valence-electron chi connectivity index (χ3n) is 5.43. The van der Waals surface area contributed by atoms with Crippen molar-refractivity contribution in [2.75, 3.05) is 18.0 Å². The third-order valence-corrected chi connectivity index (χ3v) is 5.98. The molecule has 4 rings (SSSR count). The van der Waals surface area contributed by atoms with Crippen LogP contribution < -0.4 is 16.0 Å². The summed E-state index contributed by atoms with van der Waals surface area (Å²) in [5, 5.41) is 8.28. The molecule has 3 N–H and O–H groups in total. The van der Waals surface area contributed by atoms with Crippen LogP contribution >= 0.6 is 11.5 Å². The molecule has 0 saturated carbocycles. The Bertz CT molecular complexity index is 1220. The van der Waals surface area contributed by atoms with Crippen molar-refractivity contribution in [3.05, 3.63) is 64.9 Å². The SMILES string of the molecule is CC(=O)NC[C@H]1CN(c2ccc(-c3ccc(CN(Cc4csnn4)C(N)=O)cc3)c(F)c2)C(=O)O1. The molecule has 0 radical (unpaired) electrons. The molecule has 0 spiro atoms. The van der Waals surface area contributed by atoms with E-state index in [9.17, 15) is 18.8 Å². The van der Waals surface area contributed by atoms with Crippen LogP contribution in [0.3, 0.4) is 0 Å². The Balaban J connectivity index is 1.43. The van der Waals surface area contributed by atoms with Crippen LogP contribution in [0.4, 0.5) is 19.7 Å². The lowest BCUT2D eigenvalue weighted by Gasteiger charge is -2.19. The van der Waals surface area contributed by atoms with Crippen LogP contribution in [0.5, 0.6) is 0 Å². The van der Waals surface area contributed by atoms with Gasteiger partial charge in [-0.1, -0.05) is 28.8 Å². The van der Waals surface area contributed by atoms with Gasteiger partial charge >= 0.3 is 12.1 Å². The first-order chi connectivity index (χ1) is 16.8. The fourth-order valence-corrected chi connectivity index (χ4v) is 4.12. The molecule has 12 heteroatoms. The zero-order valence-corrected chi connectivity index (χ0v) is 19.6. The van der Waals surface area contributed by atoms with E-state index in [0.717, 1.165) is 5.56 Å². The molecular formula is C23H23FN6O4S. The van der Waals surface area contributed by atoms with Crippen LogP contribution in [-0.4, -0.2) is 51.7 Å². The highest BCUT2D eigenvalue weighted by Gasteiger charge is 2.32. The third kappa shape index (κ3) is 5.90. The number of primary amides is 1. The summed E-state index contributed by atoms with van der Waals surface area (Å²) in [6.07, 6.45) is -1.10. The molecule has 3 aromatic rings. The Morgan fingerprint density at radius 3 is 2.66 bits per heavy atom. The summed E-state index contributed by atoms with van der Waals surface area (Å²) in [7, 11) is 0. The van der Waals surface area contributed by atoms with Gasteiger partial charge in [0.15, 0.2) is 0 Å². The summed E-state index contributed by atoms with van der Waals surface area (Å²) in [5.74, 6) is -0.719. The normalized spacial score (nSPS) is 15.1. The molecule has 1 aromatic heterocycles. The highest BCUT2D eigenvalue weighted by molar-refractivity contribution is 7.03. The molecule has 35 heavy (non-hydrogen) atoms. The van der Waals surface area contributed by atoms with Crippen LogP contribution in [0.1, 0.15) is 18.2 Å². The molecular weight excluding hydrogens is 475 g/mol. The number of ether oxygens (including phenoxy) is 1. The van der Waals surface area contributed by atoms with E-state index in [-0.39, 0.29) is 32.1 Å². The second-order valence-electron chi connectivity index (χ2n) is 8.01. The fourth-order valence-electron chi connectivity index (χ4n) is 3.67. The number of halogens is 1. The number of hydrogen-bond acceptors (Lipinski definition) is 7. The first kappa shape index (κ1) is 24.1. The van der Waals surface area contributed by atoms with Gasteiger partial charge in [0.1, 0.15) is 11.9 Å². The van der Waals surface area contributed by atoms with E-state index in [1.807, 2.05) is 0 Å². The molecule has 0 bridgehead atoms. The van der Waals surface area contributed by atoms with Gasteiger partial charge in [-0.3, -0.25) is 9.69 Å². The second-order valence-corrected chi connectivity index (χ2v) is 8.61. The minimum Gasteiger partial charge on any atom is -0.442 e. The number of aromatic nitrogens is 2. The lowest BCUT2D eigenvalue weighted by atomic mass is 10.0. The lowest BCUT2D eigenvalue weighted by Crippen LogP contribution is -2.34. The zero-order valence-electron chi connectivity index (χ0n) is 18.8. The number of benzene rings is 2. The average Bonchev–Trinajstić information content (AvgIpc) is 3.47. The first-order valence-electron chi connectivity index (χ1n) is 10.7. The first-order valence-corrected chi connectivity index (χ1v) is 11.6. The number of carbonyl (C=O) groups excluding carboxylic acids is 3. The number of cyclic esters (lactones) is 1. The van der Waals surface area contributed by atoms with Crippen molar-refractivity contribution in [2.24, 2.45) is 5.73 Å². The molecule has 4 amide bonds. The minimum atomic E-state index is -0.593. The van der Waals surface area contributed by atoms with E-state index in [0.29, 0.717) is 22.5 Å². The monoisotopic (exact) mass is 498 g/mol. The molecule has 0 unspecified atom stereocenters.